The Hall–Kier alpha value is -1.71. The Morgan fingerprint density at radius 2 is 1.78 bits per heavy atom. The normalized spacial score (nSPS) is 20.7. The fraction of sp³-hybridized carbons (Fsp3) is 0.632. The molecule has 128 valence electrons. The highest BCUT2D eigenvalue weighted by Gasteiger charge is 2.27. The van der Waals surface area contributed by atoms with Gasteiger partial charge in [-0.3, -0.25) is 5.32 Å². The summed E-state index contributed by atoms with van der Waals surface area (Å²) in [6.07, 6.45) is 4.59. The van der Waals surface area contributed by atoms with Crippen molar-refractivity contribution < 1.29 is 9.53 Å². The Balaban J connectivity index is 1.88. The van der Waals surface area contributed by atoms with E-state index in [1.807, 2.05) is 45.0 Å². The third kappa shape index (κ3) is 6.12. The molecule has 4 nitrogen and oxygen atoms in total. The SMILES string of the molecule is CC1(C)CCCC(Nc2ccc(NC(=O)OC(C)(C)C)cc2)C1. The van der Waals surface area contributed by atoms with Crippen LogP contribution in [-0.4, -0.2) is 17.7 Å². The maximum Gasteiger partial charge on any atom is 0.412 e. The van der Waals surface area contributed by atoms with Gasteiger partial charge in [0.2, 0.25) is 0 Å². The average Bonchev–Trinajstić information content (AvgIpc) is 2.37. The molecule has 1 unspecified atom stereocenters. The van der Waals surface area contributed by atoms with Crippen LogP contribution in [0.15, 0.2) is 24.3 Å². The Morgan fingerprint density at radius 1 is 1.17 bits per heavy atom. The average molecular weight is 318 g/mol. The molecule has 0 aliphatic heterocycles. The number of hydrogen-bond acceptors (Lipinski definition) is 3. The summed E-state index contributed by atoms with van der Waals surface area (Å²) in [6, 6.07) is 8.35. The zero-order valence-corrected chi connectivity index (χ0v) is 15.0. The summed E-state index contributed by atoms with van der Waals surface area (Å²) in [4.78, 5) is 11.8. The monoisotopic (exact) mass is 318 g/mol. The van der Waals surface area contributed by atoms with Gasteiger partial charge in [0.15, 0.2) is 0 Å². The van der Waals surface area contributed by atoms with Crippen molar-refractivity contribution in [2.24, 2.45) is 5.41 Å². The van der Waals surface area contributed by atoms with Crippen LogP contribution in [0.25, 0.3) is 0 Å². The summed E-state index contributed by atoms with van der Waals surface area (Å²) in [5, 5.41) is 6.36. The summed E-state index contributed by atoms with van der Waals surface area (Å²) in [5.74, 6) is 0. The minimum Gasteiger partial charge on any atom is -0.444 e. The van der Waals surface area contributed by atoms with Crippen molar-refractivity contribution >= 4 is 17.5 Å². The van der Waals surface area contributed by atoms with Crippen LogP contribution in [0.3, 0.4) is 0 Å². The van der Waals surface area contributed by atoms with E-state index in [0.29, 0.717) is 11.5 Å². The first-order valence-electron chi connectivity index (χ1n) is 8.50. The number of benzene rings is 1. The van der Waals surface area contributed by atoms with Crippen molar-refractivity contribution in [1.29, 1.82) is 0 Å². The molecule has 1 aromatic rings. The maximum absolute atomic E-state index is 11.8. The van der Waals surface area contributed by atoms with E-state index in [0.717, 1.165) is 11.4 Å². The number of carbonyl (C=O) groups excluding carboxylic acids is 1. The molecule has 2 N–H and O–H groups in total. The standard InChI is InChI=1S/C19H30N2O2/c1-18(2,3)23-17(22)21-15-10-8-14(9-11-15)20-16-7-6-12-19(4,5)13-16/h8-11,16,20H,6-7,12-13H2,1-5H3,(H,21,22). The molecule has 1 aromatic carbocycles. The minimum absolute atomic E-state index is 0.424. The van der Waals surface area contributed by atoms with Crippen molar-refractivity contribution in [2.75, 3.05) is 10.6 Å². The molecule has 1 saturated carbocycles. The Bertz CT molecular complexity index is 529. The molecule has 23 heavy (non-hydrogen) atoms. The van der Waals surface area contributed by atoms with Gasteiger partial charge in [0.1, 0.15) is 5.60 Å². The molecule has 0 spiro atoms. The van der Waals surface area contributed by atoms with Crippen LogP contribution in [0, 0.1) is 5.41 Å². The molecule has 1 fully saturated rings. The zero-order valence-electron chi connectivity index (χ0n) is 15.0. The van der Waals surface area contributed by atoms with Gasteiger partial charge in [0, 0.05) is 17.4 Å². The number of hydrogen-bond donors (Lipinski definition) is 2. The predicted molar refractivity (Wildman–Crippen MR) is 96.0 cm³/mol. The number of anilines is 2. The van der Waals surface area contributed by atoms with Crippen LogP contribution in [0.1, 0.15) is 60.3 Å². The van der Waals surface area contributed by atoms with E-state index in [9.17, 15) is 4.79 Å². The van der Waals surface area contributed by atoms with E-state index in [-0.39, 0.29) is 0 Å². The third-order valence-electron chi connectivity index (χ3n) is 4.11. The summed E-state index contributed by atoms with van der Waals surface area (Å²) in [7, 11) is 0. The molecule has 0 saturated heterocycles. The fourth-order valence-corrected chi connectivity index (χ4v) is 3.13. The summed E-state index contributed by atoms with van der Waals surface area (Å²) in [5.41, 5.74) is 1.78. The first-order chi connectivity index (χ1) is 10.6. The van der Waals surface area contributed by atoms with Crippen LogP contribution in [0.2, 0.25) is 0 Å². The van der Waals surface area contributed by atoms with Gasteiger partial charge in [-0.05, 0) is 69.7 Å². The van der Waals surface area contributed by atoms with Crippen molar-refractivity contribution in [3.8, 4) is 0 Å². The quantitative estimate of drug-likeness (QED) is 0.783. The van der Waals surface area contributed by atoms with E-state index in [4.69, 9.17) is 4.74 Å². The van der Waals surface area contributed by atoms with Crippen molar-refractivity contribution in [3.05, 3.63) is 24.3 Å². The highest BCUT2D eigenvalue weighted by atomic mass is 16.6. The predicted octanol–water partition coefficient (Wildman–Crippen LogP) is 5.41. The largest absolute Gasteiger partial charge is 0.444 e. The lowest BCUT2D eigenvalue weighted by molar-refractivity contribution is 0.0636. The molecule has 0 bridgehead atoms. The van der Waals surface area contributed by atoms with E-state index >= 15 is 0 Å². The molecular formula is C19H30N2O2. The van der Waals surface area contributed by atoms with Gasteiger partial charge in [0.05, 0.1) is 0 Å². The number of amides is 1. The van der Waals surface area contributed by atoms with Crippen LogP contribution in [-0.2, 0) is 4.74 Å². The lowest BCUT2D eigenvalue weighted by Gasteiger charge is -2.36. The third-order valence-corrected chi connectivity index (χ3v) is 4.11. The van der Waals surface area contributed by atoms with E-state index in [1.54, 1.807) is 0 Å². The summed E-state index contributed by atoms with van der Waals surface area (Å²) < 4.78 is 5.25. The molecular weight excluding hydrogens is 288 g/mol. The summed E-state index contributed by atoms with van der Waals surface area (Å²) >= 11 is 0. The highest BCUT2D eigenvalue weighted by Crippen LogP contribution is 2.36. The van der Waals surface area contributed by atoms with Gasteiger partial charge >= 0.3 is 6.09 Å². The van der Waals surface area contributed by atoms with Gasteiger partial charge in [-0.2, -0.15) is 0 Å². The van der Waals surface area contributed by atoms with Gasteiger partial charge < -0.3 is 10.1 Å². The second-order valence-corrected chi connectivity index (χ2v) is 8.31. The molecule has 4 heteroatoms. The lowest BCUT2D eigenvalue weighted by atomic mass is 9.75. The summed E-state index contributed by atoms with van der Waals surface area (Å²) in [6.45, 7) is 10.2. The highest BCUT2D eigenvalue weighted by molar-refractivity contribution is 5.85. The second-order valence-electron chi connectivity index (χ2n) is 8.31. The van der Waals surface area contributed by atoms with Gasteiger partial charge in [0.25, 0.3) is 0 Å². The number of nitrogens with one attached hydrogen (secondary N) is 2. The molecule has 1 aliphatic carbocycles. The molecule has 1 atom stereocenters. The van der Waals surface area contributed by atoms with Crippen LogP contribution < -0.4 is 10.6 Å². The number of rotatable bonds is 3. The van der Waals surface area contributed by atoms with Crippen LogP contribution >= 0.6 is 0 Å². The number of ether oxygens (including phenoxy) is 1. The van der Waals surface area contributed by atoms with E-state index in [2.05, 4.69) is 24.5 Å². The first-order valence-corrected chi connectivity index (χ1v) is 8.50. The molecule has 1 aliphatic rings. The van der Waals surface area contributed by atoms with Gasteiger partial charge in [-0.1, -0.05) is 20.3 Å². The van der Waals surface area contributed by atoms with Gasteiger partial charge in [-0.15, -0.1) is 0 Å². The molecule has 0 heterocycles. The molecule has 2 rings (SSSR count). The van der Waals surface area contributed by atoms with Crippen LogP contribution in [0.5, 0.6) is 0 Å². The maximum atomic E-state index is 11.8. The zero-order chi connectivity index (χ0) is 17.1. The van der Waals surface area contributed by atoms with E-state index in [1.165, 1.54) is 25.7 Å². The van der Waals surface area contributed by atoms with Gasteiger partial charge in [-0.25, -0.2) is 4.79 Å². The molecule has 0 aromatic heterocycles. The Labute approximate surface area is 140 Å². The first kappa shape index (κ1) is 17.6. The van der Waals surface area contributed by atoms with Crippen molar-refractivity contribution in [1.82, 2.24) is 0 Å². The second kappa shape index (κ2) is 6.81. The lowest BCUT2D eigenvalue weighted by Crippen LogP contribution is -2.31. The van der Waals surface area contributed by atoms with Crippen molar-refractivity contribution in [3.63, 3.8) is 0 Å². The topological polar surface area (TPSA) is 50.4 Å². The molecule has 1 amide bonds. The number of carbonyl (C=O) groups is 1. The minimum atomic E-state index is -0.487. The van der Waals surface area contributed by atoms with Crippen molar-refractivity contribution in [2.45, 2.75) is 71.9 Å². The van der Waals surface area contributed by atoms with Crippen LogP contribution in [0.4, 0.5) is 16.2 Å². The smallest absolute Gasteiger partial charge is 0.412 e. The molecule has 0 radical (unpaired) electrons. The van der Waals surface area contributed by atoms with E-state index < -0.39 is 11.7 Å². The Morgan fingerprint density at radius 3 is 2.35 bits per heavy atom. The Kier molecular flexibility index (Phi) is 5.23. The fourth-order valence-electron chi connectivity index (χ4n) is 3.13.